The minimum Gasteiger partial charge on any atom is -0.345 e. The number of aryl methyl sites for hydroxylation is 2. The SMILES string of the molecule is O=S(=O)(NCc1nc2c([nH]1)CCCC2)c1ccc(Cl)cc1. The van der Waals surface area contributed by atoms with Crippen molar-refractivity contribution in [3.8, 4) is 0 Å². The average molecular weight is 326 g/mol. The van der Waals surface area contributed by atoms with E-state index in [9.17, 15) is 8.42 Å². The third kappa shape index (κ3) is 3.28. The largest absolute Gasteiger partial charge is 0.345 e. The fraction of sp³-hybridized carbons (Fsp3) is 0.357. The Balaban J connectivity index is 1.71. The molecule has 5 nitrogen and oxygen atoms in total. The maximum Gasteiger partial charge on any atom is 0.240 e. The van der Waals surface area contributed by atoms with E-state index >= 15 is 0 Å². The number of aromatic amines is 1. The van der Waals surface area contributed by atoms with Crippen molar-refractivity contribution in [3.63, 3.8) is 0 Å². The zero-order valence-corrected chi connectivity index (χ0v) is 13.0. The summed E-state index contributed by atoms with van der Waals surface area (Å²) in [6.07, 6.45) is 4.26. The molecule has 1 aliphatic carbocycles. The minimum atomic E-state index is -3.55. The highest BCUT2D eigenvalue weighted by molar-refractivity contribution is 7.89. The fourth-order valence-electron chi connectivity index (χ4n) is 2.46. The van der Waals surface area contributed by atoms with Gasteiger partial charge in [0, 0.05) is 10.7 Å². The Bertz CT molecular complexity index is 715. The number of sulfonamides is 1. The van der Waals surface area contributed by atoms with Crippen molar-refractivity contribution in [2.45, 2.75) is 37.1 Å². The molecule has 0 bridgehead atoms. The van der Waals surface area contributed by atoms with E-state index in [-0.39, 0.29) is 11.4 Å². The number of halogens is 1. The molecule has 1 aromatic carbocycles. The highest BCUT2D eigenvalue weighted by Crippen LogP contribution is 2.19. The predicted octanol–water partition coefficient (Wildman–Crippen LogP) is 2.42. The van der Waals surface area contributed by atoms with Gasteiger partial charge in [0.1, 0.15) is 5.82 Å². The summed E-state index contributed by atoms with van der Waals surface area (Å²) in [6.45, 7) is 0.165. The molecule has 2 N–H and O–H groups in total. The maximum atomic E-state index is 12.2. The monoisotopic (exact) mass is 325 g/mol. The summed E-state index contributed by atoms with van der Waals surface area (Å²) < 4.78 is 26.9. The Morgan fingerprint density at radius 2 is 1.90 bits per heavy atom. The Morgan fingerprint density at radius 3 is 2.62 bits per heavy atom. The lowest BCUT2D eigenvalue weighted by Crippen LogP contribution is -2.23. The molecule has 0 saturated heterocycles. The van der Waals surface area contributed by atoms with Gasteiger partial charge in [-0.3, -0.25) is 0 Å². The first-order chi connectivity index (χ1) is 10.0. The lowest BCUT2D eigenvalue weighted by molar-refractivity contribution is 0.579. The summed E-state index contributed by atoms with van der Waals surface area (Å²) >= 11 is 5.76. The van der Waals surface area contributed by atoms with E-state index in [1.807, 2.05) is 0 Å². The van der Waals surface area contributed by atoms with Crippen LogP contribution in [0, 0.1) is 0 Å². The molecule has 0 unspecified atom stereocenters. The Morgan fingerprint density at radius 1 is 1.19 bits per heavy atom. The van der Waals surface area contributed by atoms with Crippen LogP contribution in [0.5, 0.6) is 0 Å². The van der Waals surface area contributed by atoms with E-state index in [0.29, 0.717) is 10.8 Å². The molecule has 1 aliphatic rings. The number of aromatic nitrogens is 2. The van der Waals surface area contributed by atoms with Crippen molar-refractivity contribution in [3.05, 3.63) is 46.5 Å². The normalized spacial score (nSPS) is 14.9. The van der Waals surface area contributed by atoms with E-state index < -0.39 is 10.0 Å². The van der Waals surface area contributed by atoms with Crippen LogP contribution >= 0.6 is 11.6 Å². The van der Waals surface area contributed by atoms with Crippen LogP contribution in [0.25, 0.3) is 0 Å². The zero-order chi connectivity index (χ0) is 14.9. The summed E-state index contributed by atoms with van der Waals surface area (Å²) in [5, 5.41) is 0.507. The molecule has 3 rings (SSSR count). The molecule has 0 saturated carbocycles. The number of H-pyrrole nitrogens is 1. The first-order valence-corrected chi connectivity index (χ1v) is 8.72. The van der Waals surface area contributed by atoms with Crippen molar-refractivity contribution >= 4 is 21.6 Å². The van der Waals surface area contributed by atoms with E-state index in [4.69, 9.17) is 11.6 Å². The molecule has 1 heterocycles. The van der Waals surface area contributed by atoms with Gasteiger partial charge in [-0.15, -0.1) is 0 Å². The second-order valence-corrected chi connectivity index (χ2v) is 7.30. The molecular formula is C14H16ClN3O2S. The van der Waals surface area contributed by atoms with Gasteiger partial charge in [-0.1, -0.05) is 11.6 Å². The van der Waals surface area contributed by atoms with Crippen LogP contribution in [-0.2, 0) is 29.4 Å². The van der Waals surface area contributed by atoms with Gasteiger partial charge in [-0.25, -0.2) is 18.1 Å². The molecule has 21 heavy (non-hydrogen) atoms. The number of hydrogen-bond donors (Lipinski definition) is 2. The molecule has 0 amide bonds. The molecule has 0 atom stereocenters. The van der Waals surface area contributed by atoms with Crippen molar-refractivity contribution in [2.75, 3.05) is 0 Å². The van der Waals surface area contributed by atoms with Crippen LogP contribution in [0.1, 0.15) is 30.1 Å². The smallest absolute Gasteiger partial charge is 0.240 e. The van der Waals surface area contributed by atoms with Crippen molar-refractivity contribution in [2.24, 2.45) is 0 Å². The molecule has 0 radical (unpaired) electrons. The second kappa shape index (κ2) is 5.79. The number of fused-ring (bicyclic) bond motifs is 1. The second-order valence-electron chi connectivity index (χ2n) is 5.09. The van der Waals surface area contributed by atoms with Gasteiger partial charge >= 0.3 is 0 Å². The molecule has 2 aromatic rings. The first kappa shape index (κ1) is 14.6. The average Bonchev–Trinajstić information content (AvgIpc) is 2.89. The lowest BCUT2D eigenvalue weighted by atomic mass is 10.0. The summed E-state index contributed by atoms with van der Waals surface area (Å²) in [7, 11) is -3.55. The fourth-order valence-corrected chi connectivity index (χ4v) is 3.57. The highest BCUT2D eigenvalue weighted by atomic mass is 35.5. The van der Waals surface area contributed by atoms with Gasteiger partial charge in [0.2, 0.25) is 10.0 Å². The Kier molecular flexibility index (Phi) is 4.01. The number of imidazole rings is 1. The van der Waals surface area contributed by atoms with Gasteiger partial charge < -0.3 is 4.98 Å². The summed E-state index contributed by atoms with van der Waals surface area (Å²) in [5.74, 6) is 0.666. The lowest BCUT2D eigenvalue weighted by Gasteiger charge is -2.07. The maximum absolute atomic E-state index is 12.2. The van der Waals surface area contributed by atoms with Gasteiger partial charge in [-0.2, -0.15) is 0 Å². The number of benzene rings is 1. The summed E-state index contributed by atoms with van der Waals surface area (Å²) in [4.78, 5) is 7.86. The molecule has 7 heteroatoms. The number of nitrogens with zero attached hydrogens (tertiary/aromatic N) is 1. The summed E-state index contributed by atoms with van der Waals surface area (Å²) in [5.41, 5.74) is 2.21. The van der Waals surface area contributed by atoms with Crippen LogP contribution in [0.4, 0.5) is 0 Å². The van der Waals surface area contributed by atoms with Gasteiger partial charge in [0.15, 0.2) is 0 Å². The highest BCUT2D eigenvalue weighted by Gasteiger charge is 2.17. The molecule has 0 aliphatic heterocycles. The molecular weight excluding hydrogens is 310 g/mol. The van der Waals surface area contributed by atoms with Crippen LogP contribution in [0.15, 0.2) is 29.2 Å². The van der Waals surface area contributed by atoms with Crippen molar-refractivity contribution in [1.82, 2.24) is 14.7 Å². The molecule has 0 spiro atoms. The van der Waals surface area contributed by atoms with Gasteiger partial charge in [-0.05, 0) is 49.9 Å². The molecule has 112 valence electrons. The third-order valence-corrected chi connectivity index (χ3v) is 5.23. The topological polar surface area (TPSA) is 74.8 Å². The van der Waals surface area contributed by atoms with E-state index in [1.165, 1.54) is 12.1 Å². The summed E-state index contributed by atoms with van der Waals surface area (Å²) in [6, 6.07) is 6.08. The molecule has 0 fully saturated rings. The van der Waals surface area contributed by atoms with Crippen LogP contribution < -0.4 is 4.72 Å². The number of hydrogen-bond acceptors (Lipinski definition) is 3. The van der Waals surface area contributed by atoms with E-state index in [0.717, 1.165) is 37.1 Å². The standard InChI is InChI=1S/C14H16ClN3O2S/c15-10-5-7-11(8-6-10)21(19,20)16-9-14-17-12-3-1-2-4-13(12)18-14/h5-8,16H,1-4,9H2,(H,17,18). The quantitative estimate of drug-likeness (QED) is 0.906. The predicted molar refractivity (Wildman–Crippen MR) is 80.7 cm³/mol. The first-order valence-electron chi connectivity index (χ1n) is 6.86. The minimum absolute atomic E-state index is 0.165. The number of rotatable bonds is 4. The zero-order valence-electron chi connectivity index (χ0n) is 11.4. The van der Waals surface area contributed by atoms with E-state index in [1.54, 1.807) is 12.1 Å². The van der Waals surface area contributed by atoms with Crippen molar-refractivity contribution < 1.29 is 8.42 Å². The van der Waals surface area contributed by atoms with E-state index in [2.05, 4.69) is 14.7 Å². The van der Waals surface area contributed by atoms with Crippen LogP contribution in [0.3, 0.4) is 0 Å². The Hall–Kier alpha value is -1.37. The van der Waals surface area contributed by atoms with Crippen LogP contribution in [0.2, 0.25) is 5.02 Å². The van der Waals surface area contributed by atoms with Gasteiger partial charge in [0.05, 0.1) is 17.1 Å². The third-order valence-electron chi connectivity index (χ3n) is 3.56. The van der Waals surface area contributed by atoms with Crippen LogP contribution in [-0.4, -0.2) is 18.4 Å². The van der Waals surface area contributed by atoms with Crippen molar-refractivity contribution in [1.29, 1.82) is 0 Å². The number of nitrogens with one attached hydrogen (secondary N) is 2. The molecule has 1 aromatic heterocycles. The van der Waals surface area contributed by atoms with Gasteiger partial charge in [0.25, 0.3) is 0 Å². The Labute approximate surface area is 128 Å².